The number of nitrogens with zero attached hydrogens (tertiary/aromatic N) is 1. The van der Waals surface area contributed by atoms with E-state index in [4.69, 9.17) is 4.74 Å². The van der Waals surface area contributed by atoms with Gasteiger partial charge < -0.3 is 4.74 Å². The summed E-state index contributed by atoms with van der Waals surface area (Å²) >= 11 is 0. The van der Waals surface area contributed by atoms with Gasteiger partial charge in [-0.15, -0.1) is 0 Å². The molecule has 0 aromatic rings. The van der Waals surface area contributed by atoms with Crippen LogP contribution >= 0.6 is 0 Å². The van der Waals surface area contributed by atoms with Crippen molar-refractivity contribution in [2.45, 2.75) is 53.6 Å². The summed E-state index contributed by atoms with van der Waals surface area (Å²) in [6.45, 7) is 15.8. The minimum Gasteiger partial charge on any atom is -0.443 e. The summed E-state index contributed by atoms with van der Waals surface area (Å²) in [5.41, 5.74) is 1.31. The van der Waals surface area contributed by atoms with Crippen molar-refractivity contribution in [3.8, 4) is 0 Å². The number of hydrogen-bond donors (Lipinski definition) is 0. The first-order chi connectivity index (χ1) is 8.08. The van der Waals surface area contributed by atoms with Crippen molar-refractivity contribution in [2.75, 3.05) is 7.05 Å². The quantitative estimate of drug-likeness (QED) is 0.697. The molecule has 0 aliphatic heterocycles. The van der Waals surface area contributed by atoms with Crippen LogP contribution in [0, 0.1) is 5.92 Å². The Morgan fingerprint density at radius 2 is 1.89 bits per heavy atom. The largest absolute Gasteiger partial charge is 0.443 e. The van der Waals surface area contributed by atoms with Crippen LogP contribution in [0.25, 0.3) is 0 Å². The highest BCUT2D eigenvalue weighted by Crippen LogP contribution is 2.21. The van der Waals surface area contributed by atoms with Crippen molar-refractivity contribution in [1.29, 1.82) is 0 Å². The smallest absolute Gasteiger partial charge is 0.414 e. The fourth-order valence-corrected chi connectivity index (χ4v) is 1.66. The van der Waals surface area contributed by atoms with Crippen LogP contribution in [-0.2, 0) is 4.74 Å². The van der Waals surface area contributed by atoms with E-state index in [2.05, 4.69) is 20.4 Å². The van der Waals surface area contributed by atoms with Crippen molar-refractivity contribution >= 4 is 6.09 Å². The molecule has 0 bridgehead atoms. The van der Waals surface area contributed by atoms with Crippen molar-refractivity contribution in [3.63, 3.8) is 0 Å². The first-order valence-electron chi connectivity index (χ1n) is 6.39. The lowest BCUT2D eigenvalue weighted by Crippen LogP contribution is -2.34. The van der Waals surface area contributed by atoms with Gasteiger partial charge in [-0.2, -0.15) is 0 Å². The maximum absolute atomic E-state index is 12.0. The molecule has 1 amide bonds. The van der Waals surface area contributed by atoms with Gasteiger partial charge in [-0.05, 0) is 45.6 Å². The maximum Gasteiger partial charge on any atom is 0.414 e. The lowest BCUT2D eigenvalue weighted by Gasteiger charge is -2.27. The van der Waals surface area contributed by atoms with Gasteiger partial charge in [-0.1, -0.05) is 26.5 Å². The molecular weight excluding hydrogens is 226 g/mol. The fraction of sp³-hybridized carbons (Fsp3) is 0.667. The molecule has 0 unspecified atom stereocenters. The van der Waals surface area contributed by atoms with Gasteiger partial charge in [-0.3, -0.25) is 4.90 Å². The van der Waals surface area contributed by atoms with Crippen LogP contribution in [-0.4, -0.2) is 23.6 Å². The van der Waals surface area contributed by atoms with E-state index in [9.17, 15) is 4.79 Å². The molecule has 0 atom stereocenters. The molecule has 104 valence electrons. The van der Waals surface area contributed by atoms with E-state index in [1.54, 1.807) is 7.05 Å². The van der Waals surface area contributed by atoms with Crippen LogP contribution in [0.2, 0.25) is 0 Å². The molecule has 0 spiro atoms. The van der Waals surface area contributed by atoms with Gasteiger partial charge in [0.1, 0.15) is 5.60 Å². The molecule has 0 saturated carbocycles. The molecule has 0 aliphatic carbocycles. The maximum atomic E-state index is 12.0. The number of allylic oxidation sites excluding steroid dienone is 2. The standard InChI is InChI=1S/C15H27NO2/c1-9-13(12(4)10-11(2)3)16(8)14(17)18-15(5,6)7/h9,11H,4,10H2,1-3,5-8H3/b13-9+. The zero-order chi connectivity index (χ0) is 14.5. The summed E-state index contributed by atoms with van der Waals surface area (Å²) in [6, 6.07) is 0. The van der Waals surface area contributed by atoms with E-state index in [-0.39, 0.29) is 6.09 Å². The Balaban J connectivity index is 4.78. The summed E-state index contributed by atoms with van der Waals surface area (Å²) in [4.78, 5) is 13.5. The summed E-state index contributed by atoms with van der Waals surface area (Å²) in [5, 5.41) is 0. The molecule has 0 saturated heterocycles. The molecule has 0 aliphatic rings. The van der Waals surface area contributed by atoms with E-state index >= 15 is 0 Å². The minimum absolute atomic E-state index is 0.347. The normalized spacial score (nSPS) is 12.6. The second-order valence-corrected chi connectivity index (χ2v) is 5.91. The van der Waals surface area contributed by atoms with Crippen molar-refractivity contribution in [3.05, 3.63) is 23.9 Å². The van der Waals surface area contributed by atoms with Gasteiger partial charge in [0.2, 0.25) is 0 Å². The molecule has 18 heavy (non-hydrogen) atoms. The predicted molar refractivity (Wildman–Crippen MR) is 76.3 cm³/mol. The van der Waals surface area contributed by atoms with Crippen LogP contribution in [0.15, 0.2) is 23.9 Å². The summed E-state index contributed by atoms with van der Waals surface area (Å²) < 4.78 is 5.34. The molecule has 0 rings (SSSR count). The summed E-state index contributed by atoms with van der Waals surface area (Å²) in [6.07, 6.45) is 2.42. The molecule has 3 nitrogen and oxygen atoms in total. The molecule has 0 aromatic carbocycles. The molecule has 0 fully saturated rings. The van der Waals surface area contributed by atoms with Crippen LogP contribution < -0.4 is 0 Å². The lowest BCUT2D eigenvalue weighted by atomic mass is 10.0. The van der Waals surface area contributed by atoms with Crippen molar-refractivity contribution in [1.82, 2.24) is 4.90 Å². The van der Waals surface area contributed by atoms with Gasteiger partial charge in [0.05, 0.1) is 0 Å². The molecular formula is C15H27NO2. The van der Waals surface area contributed by atoms with E-state index in [0.29, 0.717) is 5.92 Å². The van der Waals surface area contributed by atoms with E-state index in [1.807, 2.05) is 33.8 Å². The first kappa shape index (κ1) is 16.8. The minimum atomic E-state index is -0.483. The molecule has 0 aromatic heterocycles. The third kappa shape index (κ3) is 5.89. The average Bonchev–Trinajstić information content (AvgIpc) is 2.14. The third-order valence-corrected chi connectivity index (χ3v) is 2.32. The summed E-state index contributed by atoms with van der Waals surface area (Å²) in [5.74, 6) is 0.513. The molecule has 0 N–H and O–H groups in total. The van der Waals surface area contributed by atoms with E-state index in [0.717, 1.165) is 17.7 Å². The van der Waals surface area contributed by atoms with Crippen LogP contribution in [0.1, 0.15) is 48.0 Å². The lowest BCUT2D eigenvalue weighted by molar-refractivity contribution is 0.0355. The Hall–Kier alpha value is -1.25. The number of ether oxygens (including phenoxy) is 1. The number of rotatable bonds is 4. The monoisotopic (exact) mass is 253 g/mol. The highest BCUT2D eigenvalue weighted by atomic mass is 16.6. The van der Waals surface area contributed by atoms with Crippen LogP contribution in [0.4, 0.5) is 4.79 Å². The predicted octanol–water partition coefficient (Wildman–Crippen LogP) is 4.36. The third-order valence-electron chi connectivity index (χ3n) is 2.32. The van der Waals surface area contributed by atoms with Gasteiger partial charge in [0.25, 0.3) is 0 Å². The number of carbonyl (C=O) groups excluding carboxylic acids is 1. The Bertz CT molecular complexity index is 335. The Morgan fingerprint density at radius 1 is 1.39 bits per heavy atom. The number of hydrogen-bond acceptors (Lipinski definition) is 2. The zero-order valence-corrected chi connectivity index (χ0v) is 12.8. The number of carbonyl (C=O) groups is 1. The number of amides is 1. The average molecular weight is 253 g/mol. The molecule has 3 heteroatoms. The molecule has 0 heterocycles. The highest BCUT2D eigenvalue weighted by Gasteiger charge is 2.22. The Morgan fingerprint density at radius 3 is 2.22 bits per heavy atom. The van der Waals surface area contributed by atoms with Gasteiger partial charge in [-0.25, -0.2) is 4.79 Å². The van der Waals surface area contributed by atoms with Gasteiger partial charge in [0, 0.05) is 12.7 Å². The Kier molecular flexibility index (Phi) is 6.16. The van der Waals surface area contributed by atoms with E-state index < -0.39 is 5.60 Å². The van der Waals surface area contributed by atoms with Crippen molar-refractivity contribution < 1.29 is 9.53 Å². The first-order valence-corrected chi connectivity index (χ1v) is 6.39. The van der Waals surface area contributed by atoms with Gasteiger partial charge >= 0.3 is 6.09 Å². The number of likely N-dealkylation sites (N-methyl/N-ethyl adjacent to an activating group) is 1. The SMILES string of the molecule is C=C(CC(C)C)/C(=C\C)N(C)C(=O)OC(C)(C)C. The molecule has 0 radical (unpaired) electrons. The van der Waals surface area contributed by atoms with Crippen LogP contribution in [0.5, 0.6) is 0 Å². The second kappa shape index (κ2) is 6.62. The zero-order valence-electron chi connectivity index (χ0n) is 12.8. The van der Waals surface area contributed by atoms with Crippen LogP contribution in [0.3, 0.4) is 0 Å². The fourth-order valence-electron chi connectivity index (χ4n) is 1.66. The van der Waals surface area contributed by atoms with Gasteiger partial charge in [0.15, 0.2) is 0 Å². The Labute approximate surface area is 112 Å². The van der Waals surface area contributed by atoms with E-state index in [1.165, 1.54) is 4.90 Å². The van der Waals surface area contributed by atoms with Crippen molar-refractivity contribution in [2.24, 2.45) is 5.92 Å². The summed E-state index contributed by atoms with van der Waals surface area (Å²) in [7, 11) is 1.72. The second-order valence-electron chi connectivity index (χ2n) is 5.91. The highest BCUT2D eigenvalue weighted by molar-refractivity contribution is 5.71. The topological polar surface area (TPSA) is 29.5 Å².